The molecule has 0 unspecified atom stereocenters. The van der Waals surface area contributed by atoms with Crippen LogP contribution in [0.2, 0.25) is 0 Å². The number of sulfone groups is 1. The van der Waals surface area contributed by atoms with E-state index in [4.69, 9.17) is 4.52 Å². The topological polar surface area (TPSA) is 95.1 Å². The van der Waals surface area contributed by atoms with E-state index < -0.39 is 33.0 Å². The highest BCUT2D eigenvalue weighted by Crippen LogP contribution is 2.31. The van der Waals surface area contributed by atoms with Crippen molar-refractivity contribution in [1.29, 1.82) is 0 Å². The van der Waals surface area contributed by atoms with Gasteiger partial charge in [-0.2, -0.15) is 0 Å². The van der Waals surface area contributed by atoms with Crippen molar-refractivity contribution in [3.05, 3.63) is 102 Å². The number of aromatic nitrogens is 3. The Bertz CT molecular complexity index is 1730. The lowest BCUT2D eigenvalue weighted by atomic mass is 10.0. The molecule has 5 rings (SSSR count). The second-order valence-corrected chi connectivity index (χ2v) is 10.7. The third-order valence-electron chi connectivity index (χ3n) is 5.90. The summed E-state index contributed by atoms with van der Waals surface area (Å²) in [5, 5.41) is 3.46. The normalized spacial score (nSPS) is 11.8. The van der Waals surface area contributed by atoms with Crippen molar-refractivity contribution in [1.82, 2.24) is 14.7 Å². The molecule has 0 aliphatic rings. The van der Waals surface area contributed by atoms with Gasteiger partial charge in [0.25, 0.3) is 0 Å². The molecule has 0 atom stereocenters. The van der Waals surface area contributed by atoms with Gasteiger partial charge in [0, 0.05) is 37.3 Å². The van der Waals surface area contributed by atoms with Gasteiger partial charge in [0.15, 0.2) is 15.6 Å². The third kappa shape index (κ3) is 5.19. The predicted molar refractivity (Wildman–Crippen MR) is 133 cm³/mol. The van der Waals surface area contributed by atoms with Gasteiger partial charge in [0.2, 0.25) is 0 Å². The zero-order valence-corrected chi connectivity index (χ0v) is 20.5. The molecular formula is C27H21F2N3O4S. The fourth-order valence-electron chi connectivity index (χ4n) is 4.31. The largest absolute Gasteiger partial charge is 0.361 e. The van der Waals surface area contributed by atoms with E-state index in [9.17, 15) is 22.0 Å². The van der Waals surface area contributed by atoms with E-state index in [1.54, 1.807) is 25.4 Å². The van der Waals surface area contributed by atoms with Crippen molar-refractivity contribution in [2.75, 3.05) is 5.75 Å². The monoisotopic (exact) mass is 521 g/mol. The SMILES string of the molecule is Cc1cc(CC(=O)CS(=O)(=O)c2cn(Cc3cccc(-c4ccncc4)c3)c3cc(F)cc(F)c23)no1. The molecule has 7 nitrogen and oxygen atoms in total. The molecule has 0 radical (unpaired) electrons. The van der Waals surface area contributed by atoms with Crippen molar-refractivity contribution in [3.63, 3.8) is 0 Å². The lowest BCUT2D eigenvalue weighted by Gasteiger charge is -2.08. The number of hydrogen-bond acceptors (Lipinski definition) is 6. The number of halogens is 2. The summed E-state index contributed by atoms with van der Waals surface area (Å²) in [5.74, 6) is -2.84. The smallest absolute Gasteiger partial charge is 0.187 e. The van der Waals surface area contributed by atoms with Crippen LogP contribution < -0.4 is 0 Å². The summed E-state index contributed by atoms with van der Waals surface area (Å²) in [4.78, 5) is 16.2. The number of ketones is 1. The standard InChI is InChI=1S/C27H21F2N3O4S/c1-17-9-22(31-36-17)13-23(33)16-37(34,35)26-15-32(25-12-21(28)11-24(29)27(25)26)14-18-3-2-4-20(10-18)19-5-7-30-8-6-19/h2-12,15H,13-14,16H2,1H3. The molecule has 5 aromatic rings. The Morgan fingerprint density at radius 3 is 2.54 bits per heavy atom. The first-order valence-corrected chi connectivity index (χ1v) is 13.0. The number of hydrogen-bond donors (Lipinski definition) is 0. The van der Waals surface area contributed by atoms with E-state index in [2.05, 4.69) is 10.1 Å². The summed E-state index contributed by atoms with van der Waals surface area (Å²) >= 11 is 0. The van der Waals surface area contributed by atoms with Crippen LogP contribution in [0, 0.1) is 18.6 Å². The zero-order valence-electron chi connectivity index (χ0n) is 19.7. The summed E-state index contributed by atoms with van der Waals surface area (Å²) in [7, 11) is -4.26. The molecule has 3 heterocycles. The van der Waals surface area contributed by atoms with E-state index >= 15 is 0 Å². The first-order valence-electron chi connectivity index (χ1n) is 11.3. The molecule has 0 spiro atoms. The minimum Gasteiger partial charge on any atom is -0.361 e. The van der Waals surface area contributed by atoms with Crippen LogP contribution in [0.15, 0.2) is 82.6 Å². The minimum atomic E-state index is -4.26. The number of nitrogens with zero attached hydrogens (tertiary/aromatic N) is 3. The van der Waals surface area contributed by atoms with E-state index in [1.807, 2.05) is 36.4 Å². The van der Waals surface area contributed by atoms with Crippen LogP contribution in [0.25, 0.3) is 22.0 Å². The van der Waals surface area contributed by atoms with Crippen LogP contribution in [-0.2, 0) is 27.6 Å². The van der Waals surface area contributed by atoms with Gasteiger partial charge >= 0.3 is 0 Å². The van der Waals surface area contributed by atoms with E-state index in [1.165, 1.54) is 10.8 Å². The fraction of sp³-hybridized carbons (Fsp3) is 0.148. The number of benzene rings is 2. The highest BCUT2D eigenvalue weighted by atomic mass is 32.2. The van der Waals surface area contributed by atoms with Gasteiger partial charge in [-0.15, -0.1) is 0 Å². The van der Waals surface area contributed by atoms with Gasteiger partial charge in [0.1, 0.15) is 23.1 Å². The molecule has 10 heteroatoms. The summed E-state index contributed by atoms with van der Waals surface area (Å²) in [5.41, 5.74) is 3.02. The molecule has 0 saturated heterocycles. The van der Waals surface area contributed by atoms with Gasteiger partial charge in [-0.25, -0.2) is 17.2 Å². The number of pyridine rings is 1. The Morgan fingerprint density at radius 1 is 1.03 bits per heavy atom. The molecular weight excluding hydrogens is 500 g/mol. The number of fused-ring (bicyclic) bond motifs is 1. The summed E-state index contributed by atoms with van der Waals surface area (Å²) < 4.78 is 62.0. The molecule has 3 aromatic heterocycles. The minimum absolute atomic E-state index is 0.0740. The molecule has 0 amide bonds. The van der Waals surface area contributed by atoms with Crippen LogP contribution >= 0.6 is 0 Å². The van der Waals surface area contributed by atoms with Gasteiger partial charge < -0.3 is 9.09 Å². The number of carbonyl (C=O) groups is 1. The predicted octanol–water partition coefficient (Wildman–Crippen LogP) is 4.91. The second-order valence-electron chi connectivity index (χ2n) is 8.74. The average molecular weight is 522 g/mol. The number of Topliss-reactive ketones (excluding diaryl/α,β-unsaturated/α-hetero) is 1. The van der Waals surface area contributed by atoms with Gasteiger partial charge in [-0.1, -0.05) is 23.4 Å². The highest BCUT2D eigenvalue weighted by Gasteiger charge is 2.27. The van der Waals surface area contributed by atoms with Crippen LogP contribution in [0.3, 0.4) is 0 Å². The van der Waals surface area contributed by atoms with Gasteiger partial charge in [-0.05, 0) is 47.9 Å². The molecule has 0 N–H and O–H groups in total. The maximum absolute atomic E-state index is 14.9. The van der Waals surface area contributed by atoms with Crippen LogP contribution in [0.4, 0.5) is 8.78 Å². The zero-order chi connectivity index (χ0) is 26.2. The molecule has 37 heavy (non-hydrogen) atoms. The van der Waals surface area contributed by atoms with Crippen LogP contribution in [-0.4, -0.2) is 34.7 Å². The Hall–Kier alpha value is -4.18. The molecule has 0 bridgehead atoms. The van der Waals surface area contributed by atoms with Crippen molar-refractivity contribution in [2.45, 2.75) is 24.8 Å². The Labute approximate surface area is 211 Å². The Kier molecular flexibility index (Phi) is 6.43. The van der Waals surface area contributed by atoms with Crippen LogP contribution in [0.5, 0.6) is 0 Å². The molecule has 0 saturated carbocycles. The lowest BCUT2D eigenvalue weighted by molar-refractivity contribution is -0.116. The van der Waals surface area contributed by atoms with Crippen molar-refractivity contribution >= 4 is 26.5 Å². The Morgan fingerprint density at radius 2 is 1.81 bits per heavy atom. The number of aryl methyl sites for hydroxylation is 1. The first kappa shape index (κ1) is 24.5. The molecule has 0 aliphatic heterocycles. The van der Waals surface area contributed by atoms with Crippen molar-refractivity contribution < 1.29 is 26.5 Å². The fourth-order valence-corrected chi connectivity index (χ4v) is 5.79. The highest BCUT2D eigenvalue weighted by molar-refractivity contribution is 7.92. The Balaban J connectivity index is 1.51. The lowest BCUT2D eigenvalue weighted by Crippen LogP contribution is -2.18. The van der Waals surface area contributed by atoms with Gasteiger partial charge in [-0.3, -0.25) is 9.78 Å². The summed E-state index contributed by atoms with van der Waals surface area (Å²) in [6.07, 6.45) is 4.37. The molecule has 0 aliphatic carbocycles. The van der Waals surface area contributed by atoms with E-state index in [-0.39, 0.29) is 28.8 Å². The molecule has 2 aromatic carbocycles. The van der Waals surface area contributed by atoms with Gasteiger partial charge in [0.05, 0.1) is 27.9 Å². The number of rotatable bonds is 8. The summed E-state index contributed by atoms with van der Waals surface area (Å²) in [6, 6.07) is 14.5. The van der Waals surface area contributed by atoms with Crippen LogP contribution in [0.1, 0.15) is 17.0 Å². The quantitative estimate of drug-likeness (QED) is 0.288. The van der Waals surface area contributed by atoms with Crippen molar-refractivity contribution in [3.8, 4) is 11.1 Å². The third-order valence-corrected chi connectivity index (χ3v) is 7.58. The van der Waals surface area contributed by atoms with E-state index in [0.717, 1.165) is 22.8 Å². The summed E-state index contributed by atoms with van der Waals surface area (Å²) in [6.45, 7) is 1.81. The average Bonchev–Trinajstić information content (AvgIpc) is 3.43. The molecule has 0 fully saturated rings. The number of carbonyl (C=O) groups excluding carboxylic acids is 1. The maximum Gasteiger partial charge on any atom is 0.187 e. The second kappa shape index (κ2) is 9.70. The molecule has 188 valence electrons. The van der Waals surface area contributed by atoms with Crippen molar-refractivity contribution in [2.24, 2.45) is 0 Å². The first-order chi connectivity index (χ1) is 17.7. The maximum atomic E-state index is 14.9. The van der Waals surface area contributed by atoms with E-state index in [0.29, 0.717) is 17.5 Å².